The van der Waals surface area contributed by atoms with Gasteiger partial charge in [-0.2, -0.15) is 0 Å². The zero-order valence-electron chi connectivity index (χ0n) is 16.1. The van der Waals surface area contributed by atoms with Crippen molar-refractivity contribution in [1.82, 2.24) is 0 Å². The average Bonchev–Trinajstić information content (AvgIpc) is 2.59. The topological polar surface area (TPSA) is 192 Å². The molecular formula is C16H20Cl3NO10. The monoisotopic (exact) mass is 491 g/mol. The van der Waals surface area contributed by atoms with E-state index in [4.69, 9.17) is 49.7 Å². The van der Waals surface area contributed by atoms with Gasteiger partial charge in [-0.25, -0.2) is 0 Å². The first-order chi connectivity index (χ1) is 13.3. The molecule has 0 spiro atoms. The van der Waals surface area contributed by atoms with E-state index in [0.717, 1.165) is 6.92 Å². The smallest absolute Gasteiger partial charge is 0.265 e. The van der Waals surface area contributed by atoms with E-state index in [1.165, 1.54) is 0 Å². The van der Waals surface area contributed by atoms with Crippen LogP contribution in [0.5, 0.6) is 0 Å². The van der Waals surface area contributed by atoms with Crippen molar-refractivity contribution >= 4 is 63.8 Å². The van der Waals surface area contributed by atoms with Crippen LogP contribution in [-0.2, 0) is 28.7 Å². The molecule has 0 aromatic heterocycles. The average molecular weight is 493 g/mol. The molecule has 1 unspecified atom stereocenters. The fourth-order valence-corrected chi connectivity index (χ4v) is 3.28. The molecule has 5 N–H and O–H groups in total. The lowest BCUT2D eigenvalue weighted by Crippen LogP contribution is -2.87. The van der Waals surface area contributed by atoms with Crippen LogP contribution in [0.3, 0.4) is 0 Å². The standard InChI is InChI=1S/C16H20Cl3NO10/c1-5(21)9(25)10-13(26,6(2)22)15(28,8(4)24)14(27,7(3)23)12(29-10)30-11(20)16(17,18)19/h5,10,12,20-21,26-28H,1-4H3/t5?,10-,12-,13-,14-,15+/m1/s1. The van der Waals surface area contributed by atoms with Gasteiger partial charge in [-0.3, -0.25) is 24.6 Å². The Morgan fingerprint density at radius 1 is 1.00 bits per heavy atom. The van der Waals surface area contributed by atoms with E-state index in [1.54, 1.807) is 0 Å². The Kier molecular flexibility index (Phi) is 7.52. The molecule has 0 aliphatic carbocycles. The Bertz CT molecular complexity index is 797. The molecule has 0 amide bonds. The zero-order chi connectivity index (χ0) is 24.0. The third-order valence-corrected chi connectivity index (χ3v) is 5.33. The Labute approximate surface area is 185 Å². The van der Waals surface area contributed by atoms with Crippen molar-refractivity contribution in [3.63, 3.8) is 0 Å². The predicted molar refractivity (Wildman–Crippen MR) is 101 cm³/mol. The first kappa shape index (κ1) is 26.9. The van der Waals surface area contributed by atoms with Gasteiger partial charge in [0.1, 0.15) is 6.10 Å². The summed E-state index contributed by atoms with van der Waals surface area (Å²) < 4.78 is 7.33. The van der Waals surface area contributed by atoms with Gasteiger partial charge in [0.05, 0.1) is 0 Å². The van der Waals surface area contributed by atoms with Crippen molar-refractivity contribution in [2.75, 3.05) is 0 Å². The van der Waals surface area contributed by atoms with Crippen LogP contribution in [0.15, 0.2) is 0 Å². The van der Waals surface area contributed by atoms with Crippen LogP contribution in [0.25, 0.3) is 0 Å². The zero-order valence-corrected chi connectivity index (χ0v) is 18.4. The molecule has 0 aromatic rings. The van der Waals surface area contributed by atoms with E-state index in [0.29, 0.717) is 20.8 Å². The van der Waals surface area contributed by atoms with Crippen molar-refractivity contribution < 1.29 is 49.1 Å². The minimum Gasteiger partial charge on any atom is -0.444 e. The maximum absolute atomic E-state index is 12.5. The molecule has 1 aliphatic heterocycles. The number of aliphatic hydroxyl groups excluding tert-OH is 1. The van der Waals surface area contributed by atoms with Gasteiger partial charge in [0.2, 0.25) is 23.4 Å². The molecule has 30 heavy (non-hydrogen) atoms. The molecule has 14 heteroatoms. The van der Waals surface area contributed by atoms with E-state index in [2.05, 4.69) is 0 Å². The van der Waals surface area contributed by atoms with Gasteiger partial charge in [0.25, 0.3) is 3.79 Å². The van der Waals surface area contributed by atoms with Crippen molar-refractivity contribution in [1.29, 1.82) is 5.41 Å². The lowest BCUT2D eigenvalue weighted by Gasteiger charge is -2.56. The number of hydrogen-bond donors (Lipinski definition) is 5. The highest BCUT2D eigenvalue weighted by molar-refractivity contribution is 6.76. The Balaban J connectivity index is 3.94. The summed E-state index contributed by atoms with van der Waals surface area (Å²) in [5.41, 5.74) is -10.8. The molecule has 0 radical (unpaired) electrons. The quantitative estimate of drug-likeness (QED) is 0.174. The van der Waals surface area contributed by atoms with E-state index >= 15 is 0 Å². The molecule has 1 heterocycles. The number of carbonyl (C=O) groups excluding carboxylic acids is 4. The number of ether oxygens (including phenoxy) is 2. The van der Waals surface area contributed by atoms with E-state index in [9.17, 15) is 39.6 Å². The summed E-state index contributed by atoms with van der Waals surface area (Å²) in [6, 6.07) is 0. The number of hydrogen-bond acceptors (Lipinski definition) is 11. The maximum atomic E-state index is 12.5. The number of rotatable bonds is 6. The summed E-state index contributed by atoms with van der Waals surface area (Å²) >= 11 is 16.5. The van der Waals surface area contributed by atoms with Crippen molar-refractivity contribution in [3.8, 4) is 0 Å². The molecule has 11 nitrogen and oxygen atoms in total. The highest BCUT2D eigenvalue weighted by atomic mass is 35.6. The van der Waals surface area contributed by atoms with Gasteiger partial charge in [0, 0.05) is 0 Å². The number of halogens is 3. The molecule has 1 fully saturated rings. The fourth-order valence-electron chi connectivity index (χ4n) is 3.15. The molecule has 1 aliphatic rings. The lowest BCUT2D eigenvalue weighted by atomic mass is 9.60. The van der Waals surface area contributed by atoms with Crippen LogP contribution in [0.1, 0.15) is 27.7 Å². The van der Waals surface area contributed by atoms with Gasteiger partial charge in [0.15, 0.2) is 34.8 Å². The van der Waals surface area contributed by atoms with Crippen LogP contribution in [0, 0.1) is 5.41 Å². The highest BCUT2D eigenvalue weighted by Gasteiger charge is 2.80. The summed E-state index contributed by atoms with van der Waals surface area (Å²) in [5, 5.41) is 50.5. The number of nitrogens with one attached hydrogen (secondary N) is 1. The number of alkyl halides is 3. The van der Waals surface area contributed by atoms with Crippen molar-refractivity contribution in [2.24, 2.45) is 0 Å². The highest BCUT2D eigenvalue weighted by Crippen LogP contribution is 2.48. The van der Waals surface area contributed by atoms with Crippen LogP contribution in [0.2, 0.25) is 0 Å². The van der Waals surface area contributed by atoms with E-state index in [1.807, 2.05) is 0 Å². The minimum absolute atomic E-state index is 0.606. The molecule has 0 saturated carbocycles. The van der Waals surface area contributed by atoms with Gasteiger partial charge in [-0.1, -0.05) is 34.8 Å². The van der Waals surface area contributed by atoms with Crippen LogP contribution >= 0.6 is 34.8 Å². The Morgan fingerprint density at radius 3 is 1.73 bits per heavy atom. The molecular weight excluding hydrogens is 473 g/mol. The third kappa shape index (κ3) is 3.78. The Hall–Kier alpha value is -1.18. The number of ketones is 4. The van der Waals surface area contributed by atoms with Crippen LogP contribution in [0.4, 0.5) is 0 Å². The predicted octanol–water partition coefficient (Wildman–Crippen LogP) is -1.01. The molecule has 6 atom stereocenters. The fraction of sp³-hybridized carbons (Fsp3) is 0.688. The van der Waals surface area contributed by atoms with Gasteiger partial charge in [-0.05, 0) is 27.7 Å². The summed E-state index contributed by atoms with van der Waals surface area (Å²) in [7, 11) is 0. The third-order valence-electron chi connectivity index (χ3n) is 4.82. The van der Waals surface area contributed by atoms with E-state index < -0.39 is 68.1 Å². The molecule has 1 rings (SSSR count). The minimum atomic E-state index is -3.73. The Morgan fingerprint density at radius 2 is 1.43 bits per heavy atom. The summed E-state index contributed by atoms with van der Waals surface area (Å²) in [5.74, 6) is -7.16. The molecule has 0 bridgehead atoms. The van der Waals surface area contributed by atoms with Gasteiger partial charge < -0.3 is 29.9 Å². The second-order valence-corrected chi connectivity index (χ2v) is 9.06. The van der Waals surface area contributed by atoms with Gasteiger partial charge >= 0.3 is 0 Å². The van der Waals surface area contributed by atoms with Crippen molar-refractivity contribution in [2.45, 2.75) is 66.8 Å². The van der Waals surface area contributed by atoms with Crippen LogP contribution in [-0.4, -0.2) is 88.6 Å². The molecule has 0 aromatic carbocycles. The summed E-state index contributed by atoms with van der Waals surface area (Å²) in [6.07, 6.45) is -7.04. The SMILES string of the molecule is CC(=O)[C@@]1(O)[C@@](O)(C(C)=O)[C@@H](OC(=N)C(Cl)(Cl)Cl)O[C@H](C(=O)C(C)O)[C@]1(O)C(C)=O. The van der Waals surface area contributed by atoms with Gasteiger partial charge in [-0.15, -0.1) is 0 Å². The largest absolute Gasteiger partial charge is 0.444 e. The summed E-state index contributed by atoms with van der Waals surface area (Å²) in [6.45, 7) is 2.81. The lowest BCUT2D eigenvalue weighted by molar-refractivity contribution is -0.347. The maximum Gasteiger partial charge on any atom is 0.265 e. The molecule has 1 saturated heterocycles. The second-order valence-electron chi connectivity index (χ2n) is 6.78. The molecule has 170 valence electrons. The number of carbonyl (C=O) groups is 4. The summed E-state index contributed by atoms with van der Waals surface area (Å²) in [4.78, 5) is 49.6. The normalized spacial score (nSPS) is 35.3. The van der Waals surface area contributed by atoms with E-state index in [-0.39, 0.29) is 0 Å². The van der Waals surface area contributed by atoms with Crippen LogP contribution < -0.4 is 0 Å². The van der Waals surface area contributed by atoms with Crippen molar-refractivity contribution in [3.05, 3.63) is 0 Å². The first-order valence-electron chi connectivity index (χ1n) is 8.21. The number of Topliss-reactive ketones (excluding diaryl/α,β-unsaturated/α-hetero) is 4. The first-order valence-corrected chi connectivity index (χ1v) is 9.34. The second kappa shape index (κ2) is 8.40. The number of aliphatic hydroxyl groups is 4.